The third-order valence-electron chi connectivity index (χ3n) is 2.04. The maximum absolute atomic E-state index is 5.60. The Bertz CT molecular complexity index is 497. The molecule has 0 fully saturated rings. The number of hydrogen-bond acceptors (Lipinski definition) is 3. The number of ether oxygens (including phenoxy) is 1. The van der Waals surface area contributed by atoms with Gasteiger partial charge in [0.1, 0.15) is 5.75 Å². The van der Waals surface area contributed by atoms with E-state index in [0.29, 0.717) is 11.6 Å². The molecule has 2 aromatic heterocycles. The van der Waals surface area contributed by atoms with Crippen LogP contribution in [0.2, 0.25) is 0 Å². The zero-order chi connectivity index (χ0) is 11.5. The van der Waals surface area contributed by atoms with Crippen LogP contribution in [0.15, 0.2) is 35.1 Å². The van der Waals surface area contributed by atoms with Crippen LogP contribution >= 0.6 is 15.9 Å². The van der Waals surface area contributed by atoms with E-state index in [9.17, 15) is 0 Å². The van der Waals surface area contributed by atoms with E-state index in [1.165, 1.54) is 0 Å². The smallest absolute Gasteiger partial charge is 0.233 e. The number of rotatable bonds is 2. The van der Waals surface area contributed by atoms with E-state index in [2.05, 4.69) is 25.9 Å². The second-order valence-corrected chi connectivity index (χ2v) is 4.39. The maximum Gasteiger partial charge on any atom is 0.233 e. The fourth-order valence-electron chi connectivity index (χ4n) is 1.22. The van der Waals surface area contributed by atoms with E-state index in [1.807, 2.05) is 32.0 Å². The summed E-state index contributed by atoms with van der Waals surface area (Å²) in [5.41, 5.74) is 2.05. The highest BCUT2D eigenvalue weighted by molar-refractivity contribution is 9.10. The van der Waals surface area contributed by atoms with Crippen LogP contribution in [0, 0.1) is 13.8 Å². The Morgan fingerprint density at radius 1 is 1.12 bits per heavy atom. The van der Waals surface area contributed by atoms with E-state index in [1.54, 1.807) is 12.4 Å². The molecule has 0 aliphatic heterocycles. The summed E-state index contributed by atoms with van der Waals surface area (Å²) in [7, 11) is 0. The van der Waals surface area contributed by atoms with Crippen molar-refractivity contribution in [2.45, 2.75) is 13.8 Å². The van der Waals surface area contributed by atoms with Crippen molar-refractivity contribution in [3.8, 4) is 11.6 Å². The van der Waals surface area contributed by atoms with Crippen molar-refractivity contribution in [2.75, 3.05) is 0 Å². The molecule has 3 nitrogen and oxygen atoms in total. The molecule has 2 heterocycles. The molecule has 82 valence electrons. The lowest BCUT2D eigenvalue weighted by atomic mass is 10.3. The predicted molar refractivity (Wildman–Crippen MR) is 65.7 cm³/mol. The Morgan fingerprint density at radius 3 is 2.56 bits per heavy atom. The van der Waals surface area contributed by atoms with Crippen LogP contribution in [0.25, 0.3) is 0 Å². The topological polar surface area (TPSA) is 35.0 Å². The number of aryl methyl sites for hydroxylation is 2. The Balaban J connectivity index is 2.23. The molecule has 0 N–H and O–H groups in total. The molecule has 2 aromatic rings. The molecule has 0 saturated carbocycles. The molecule has 0 radical (unpaired) electrons. The van der Waals surface area contributed by atoms with Crippen LogP contribution in [0.5, 0.6) is 11.6 Å². The molecule has 0 amide bonds. The van der Waals surface area contributed by atoms with Gasteiger partial charge in [0.05, 0.1) is 10.7 Å². The third-order valence-corrected chi connectivity index (χ3v) is 2.61. The molecule has 4 heteroatoms. The van der Waals surface area contributed by atoms with Crippen LogP contribution in [0.3, 0.4) is 0 Å². The van der Waals surface area contributed by atoms with E-state index in [-0.39, 0.29) is 0 Å². The minimum Gasteiger partial charge on any atom is -0.436 e. The third kappa shape index (κ3) is 2.58. The van der Waals surface area contributed by atoms with E-state index >= 15 is 0 Å². The minimum absolute atomic E-state index is 0.552. The number of nitrogens with zero attached hydrogens (tertiary/aromatic N) is 2. The van der Waals surface area contributed by atoms with Crippen LogP contribution in [0.4, 0.5) is 0 Å². The quantitative estimate of drug-likeness (QED) is 0.841. The summed E-state index contributed by atoms with van der Waals surface area (Å²) >= 11 is 3.41. The first kappa shape index (κ1) is 11.1. The average molecular weight is 279 g/mol. The van der Waals surface area contributed by atoms with Gasteiger partial charge < -0.3 is 4.74 Å². The van der Waals surface area contributed by atoms with Gasteiger partial charge >= 0.3 is 0 Å². The Morgan fingerprint density at radius 2 is 1.94 bits per heavy atom. The lowest BCUT2D eigenvalue weighted by molar-refractivity contribution is 0.457. The zero-order valence-electron chi connectivity index (χ0n) is 9.07. The molecule has 0 saturated heterocycles. The molecule has 0 spiro atoms. The highest BCUT2D eigenvalue weighted by Crippen LogP contribution is 2.27. The van der Waals surface area contributed by atoms with Gasteiger partial charge in [0.2, 0.25) is 5.88 Å². The van der Waals surface area contributed by atoms with Crippen molar-refractivity contribution >= 4 is 15.9 Å². The number of halogens is 1. The molecule has 0 unspecified atom stereocenters. The summed E-state index contributed by atoms with van der Waals surface area (Å²) in [6, 6.07) is 5.73. The number of pyridine rings is 2. The van der Waals surface area contributed by atoms with E-state index < -0.39 is 0 Å². The van der Waals surface area contributed by atoms with Crippen molar-refractivity contribution in [3.05, 3.63) is 46.3 Å². The van der Waals surface area contributed by atoms with Crippen LogP contribution in [-0.2, 0) is 0 Å². The van der Waals surface area contributed by atoms with Crippen LogP contribution in [-0.4, -0.2) is 9.97 Å². The molecule has 0 aliphatic rings. The van der Waals surface area contributed by atoms with Gasteiger partial charge in [-0.2, -0.15) is 0 Å². The first-order chi connectivity index (χ1) is 7.65. The van der Waals surface area contributed by atoms with Crippen molar-refractivity contribution in [3.63, 3.8) is 0 Å². The van der Waals surface area contributed by atoms with Gasteiger partial charge in [-0.05, 0) is 53.5 Å². The van der Waals surface area contributed by atoms with Crippen molar-refractivity contribution in [1.82, 2.24) is 9.97 Å². The molecule has 0 aliphatic carbocycles. The van der Waals surface area contributed by atoms with Gasteiger partial charge in [0.15, 0.2) is 0 Å². The Labute approximate surface area is 103 Å². The second kappa shape index (κ2) is 4.61. The maximum atomic E-state index is 5.60. The molecule has 2 rings (SSSR count). The predicted octanol–water partition coefficient (Wildman–Crippen LogP) is 3.65. The summed E-state index contributed by atoms with van der Waals surface area (Å²) in [6.07, 6.45) is 3.45. The summed E-state index contributed by atoms with van der Waals surface area (Å²) < 4.78 is 6.44. The fraction of sp³-hybridized carbons (Fsp3) is 0.167. The largest absolute Gasteiger partial charge is 0.436 e. The van der Waals surface area contributed by atoms with Gasteiger partial charge in [0, 0.05) is 11.9 Å². The van der Waals surface area contributed by atoms with Crippen molar-refractivity contribution in [1.29, 1.82) is 0 Å². The lowest BCUT2D eigenvalue weighted by Gasteiger charge is -2.06. The number of aromatic nitrogens is 2. The fourth-order valence-corrected chi connectivity index (χ4v) is 1.77. The van der Waals surface area contributed by atoms with Gasteiger partial charge in [0.25, 0.3) is 0 Å². The monoisotopic (exact) mass is 278 g/mol. The summed E-state index contributed by atoms with van der Waals surface area (Å²) in [6.45, 7) is 3.92. The summed E-state index contributed by atoms with van der Waals surface area (Å²) in [5.74, 6) is 1.24. The first-order valence-corrected chi connectivity index (χ1v) is 5.67. The minimum atomic E-state index is 0.552. The standard InChI is InChI=1S/C12H11BrN2O/c1-8-5-11(13)12(15-6-8)16-10-4-3-9(2)14-7-10/h3-7H,1-2H3. The molecular formula is C12H11BrN2O. The lowest BCUT2D eigenvalue weighted by Crippen LogP contribution is -1.91. The van der Waals surface area contributed by atoms with Crippen molar-refractivity contribution < 1.29 is 4.74 Å². The van der Waals surface area contributed by atoms with E-state index in [4.69, 9.17) is 4.74 Å². The SMILES string of the molecule is Cc1cnc(Oc2ccc(C)nc2)c(Br)c1. The summed E-state index contributed by atoms with van der Waals surface area (Å²) in [4.78, 5) is 8.35. The highest BCUT2D eigenvalue weighted by Gasteiger charge is 2.04. The molecule has 16 heavy (non-hydrogen) atoms. The van der Waals surface area contributed by atoms with E-state index in [0.717, 1.165) is 15.7 Å². The van der Waals surface area contributed by atoms with Gasteiger partial charge in [-0.15, -0.1) is 0 Å². The normalized spacial score (nSPS) is 10.2. The van der Waals surface area contributed by atoms with Gasteiger partial charge in [-0.25, -0.2) is 4.98 Å². The van der Waals surface area contributed by atoms with Crippen LogP contribution < -0.4 is 4.74 Å². The summed E-state index contributed by atoms with van der Waals surface area (Å²) in [5, 5.41) is 0. The molecule has 0 aromatic carbocycles. The second-order valence-electron chi connectivity index (χ2n) is 3.54. The molecule has 0 atom stereocenters. The highest BCUT2D eigenvalue weighted by atomic mass is 79.9. The van der Waals surface area contributed by atoms with Crippen LogP contribution in [0.1, 0.15) is 11.3 Å². The Kier molecular flexibility index (Phi) is 3.19. The van der Waals surface area contributed by atoms with Gasteiger partial charge in [-0.3, -0.25) is 4.98 Å². The molecular weight excluding hydrogens is 268 g/mol. The Hall–Kier alpha value is -1.42. The average Bonchev–Trinajstić information content (AvgIpc) is 2.25. The first-order valence-electron chi connectivity index (χ1n) is 4.88. The van der Waals surface area contributed by atoms with Gasteiger partial charge in [-0.1, -0.05) is 0 Å². The number of hydrogen-bond donors (Lipinski definition) is 0. The zero-order valence-corrected chi connectivity index (χ0v) is 10.7. The van der Waals surface area contributed by atoms with Crippen molar-refractivity contribution in [2.24, 2.45) is 0 Å². The molecule has 0 bridgehead atoms.